The average molecular weight is 581 g/mol. The van der Waals surface area contributed by atoms with Crippen LogP contribution in [0.4, 0.5) is 17.3 Å². The van der Waals surface area contributed by atoms with Crippen LogP contribution in [0, 0.1) is 0 Å². The summed E-state index contributed by atoms with van der Waals surface area (Å²) in [5.41, 5.74) is 2.71. The fourth-order valence-corrected chi connectivity index (χ4v) is 7.50. The van der Waals surface area contributed by atoms with Gasteiger partial charge in [0.25, 0.3) is 5.56 Å². The Kier molecular flexibility index (Phi) is 8.50. The first-order valence-electron chi connectivity index (χ1n) is 13.4. The van der Waals surface area contributed by atoms with Crippen LogP contribution < -0.4 is 21.5 Å². The number of nitrogens with one attached hydrogen (secondary N) is 3. The summed E-state index contributed by atoms with van der Waals surface area (Å²) in [5, 5.41) is 11.5. The number of nitrogens with zero attached hydrogens (tertiary/aromatic N) is 5. The monoisotopic (exact) mass is 580 g/mol. The van der Waals surface area contributed by atoms with E-state index in [4.69, 9.17) is 0 Å². The molecule has 5 rings (SSSR count). The van der Waals surface area contributed by atoms with Crippen LogP contribution in [0.1, 0.15) is 19.8 Å². The number of hydrogen-bond acceptors (Lipinski definition) is 10. The average Bonchev–Trinajstić information content (AvgIpc) is 3.45. The molecule has 0 spiro atoms. The van der Waals surface area contributed by atoms with Crippen LogP contribution in [-0.4, -0.2) is 80.0 Å². The predicted octanol–water partition coefficient (Wildman–Crippen LogP) is 3.48. The molecule has 40 heavy (non-hydrogen) atoms. The maximum absolute atomic E-state index is 13.5. The van der Waals surface area contributed by atoms with Crippen LogP contribution in [0.2, 0.25) is 0 Å². The van der Waals surface area contributed by atoms with Gasteiger partial charge in [-0.25, -0.2) is 9.97 Å². The lowest BCUT2D eigenvalue weighted by atomic mass is 10.1. The third kappa shape index (κ3) is 6.35. The zero-order valence-corrected chi connectivity index (χ0v) is 24.8. The van der Waals surface area contributed by atoms with Crippen LogP contribution in [-0.2, 0) is 16.1 Å². The molecule has 10 nitrogen and oxygen atoms in total. The molecular weight excluding hydrogens is 544 g/mol. The molecule has 3 aromatic heterocycles. The van der Waals surface area contributed by atoms with E-state index in [1.165, 1.54) is 17.8 Å². The Hall–Kier alpha value is -3.32. The van der Waals surface area contributed by atoms with Crippen molar-refractivity contribution in [1.82, 2.24) is 29.7 Å². The Morgan fingerprint density at radius 3 is 2.67 bits per heavy atom. The molecule has 4 aromatic rings. The number of thiazole rings is 1. The van der Waals surface area contributed by atoms with Gasteiger partial charge in [0.05, 0.1) is 11.8 Å². The van der Waals surface area contributed by atoms with E-state index in [1.807, 2.05) is 50.2 Å². The summed E-state index contributed by atoms with van der Waals surface area (Å²) in [4.78, 5) is 29.1. The third-order valence-electron chi connectivity index (χ3n) is 6.90. The van der Waals surface area contributed by atoms with Gasteiger partial charge in [-0.2, -0.15) is 4.98 Å². The Morgan fingerprint density at radius 1 is 1.20 bits per heavy atom. The van der Waals surface area contributed by atoms with Crippen molar-refractivity contribution in [2.24, 2.45) is 0 Å². The van der Waals surface area contributed by atoms with Crippen LogP contribution in [0.15, 0.2) is 51.7 Å². The van der Waals surface area contributed by atoms with Crippen molar-refractivity contribution < 1.29 is 4.21 Å². The lowest BCUT2D eigenvalue weighted by Crippen LogP contribution is -2.38. The highest BCUT2D eigenvalue weighted by Gasteiger charge is 2.19. The molecule has 0 aliphatic carbocycles. The van der Waals surface area contributed by atoms with E-state index in [0.717, 1.165) is 36.3 Å². The van der Waals surface area contributed by atoms with Gasteiger partial charge in [0, 0.05) is 63.9 Å². The summed E-state index contributed by atoms with van der Waals surface area (Å²) in [6, 6.07) is 10.3. The van der Waals surface area contributed by atoms with Crippen molar-refractivity contribution in [3.8, 4) is 10.6 Å². The third-order valence-corrected chi connectivity index (χ3v) is 10.6. The van der Waals surface area contributed by atoms with Crippen LogP contribution in [0.5, 0.6) is 0 Å². The summed E-state index contributed by atoms with van der Waals surface area (Å²) < 4.78 is 15.4. The number of piperidine rings is 1. The molecule has 12 heteroatoms. The second kappa shape index (κ2) is 12.0. The fourth-order valence-electron chi connectivity index (χ4n) is 4.64. The fraction of sp³-hybridized carbons (Fsp3) is 0.393. The smallest absolute Gasteiger partial charge is 0.262 e. The predicted molar refractivity (Wildman–Crippen MR) is 167 cm³/mol. The van der Waals surface area contributed by atoms with Crippen molar-refractivity contribution in [2.45, 2.75) is 36.6 Å². The van der Waals surface area contributed by atoms with E-state index in [-0.39, 0.29) is 5.56 Å². The zero-order valence-electron chi connectivity index (χ0n) is 23.1. The molecule has 2 unspecified atom stereocenters. The van der Waals surface area contributed by atoms with Gasteiger partial charge in [0.15, 0.2) is 0 Å². The van der Waals surface area contributed by atoms with E-state index in [1.54, 1.807) is 23.0 Å². The lowest BCUT2D eigenvalue weighted by molar-refractivity contribution is 0.435. The quantitative estimate of drug-likeness (QED) is 0.242. The van der Waals surface area contributed by atoms with Crippen molar-refractivity contribution >= 4 is 55.1 Å². The molecule has 1 saturated heterocycles. The van der Waals surface area contributed by atoms with Crippen LogP contribution >= 0.6 is 11.3 Å². The number of benzene rings is 1. The number of hydrogen-bond donors (Lipinski definition) is 3. The molecule has 0 amide bonds. The van der Waals surface area contributed by atoms with Crippen molar-refractivity contribution in [3.05, 3.63) is 53.1 Å². The van der Waals surface area contributed by atoms with E-state index < -0.39 is 9.52 Å². The maximum Gasteiger partial charge on any atom is 0.262 e. The van der Waals surface area contributed by atoms with E-state index in [9.17, 15) is 9.00 Å². The van der Waals surface area contributed by atoms with Gasteiger partial charge in [-0.05, 0) is 76.6 Å². The summed E-state index contributed by atoms with van der Waals surface area (Å²) in [7, 11) is 1.37. The maximum atomic E-state index is 13.5. The Balaban J connectivity index is 1.37. The number of aromatic nitrogens is 4. The second-order valence-electron chi connectivity index (χ2n) is 10.3. The van der Waals surface area contributed by atoms with E-state index in [0.29, 0.717) is 51.3 Å². The molecule has 3 N–H and O–H groups in total. The van der Waals surface area contributed by atoms with Crippen LogP contribution in [0.3, 0.4) is 0 Å². The molecule has 212 valence electrons. The first-order valence-corrected chi connectivity index (χ1v) is 16.2. The van der Waals surface area contributed by atoms with E-state index >= 15 is 0 Å². The van der Waals surface area contributed by atoms with Gasteiger partial charge in [0.1, 0.15) is 14.9 Å². The lowest BCUT2D eigenvalue weighted by Gasteiger charge is -2.24. The van der Waals surface area contributed by atoms with Gasteiger partial charge >= 0.3 is 0 Å². The molecule has 4 heterocycles. The van der Waals surface area contributed by atoms with Gasteiger partial charge in [-0.15, -0.1) is 11.3 Å². The van der Waals surface area contributed by atoms with Gasteiger partial charge in [-0.1, -0.05) is 0 Å². The van der Waals surface area contributed by atoms with Gasteiger partial charge in [-0.3, -0.25) is 13.6 Å². The molecule has 1 aliphatic rings. The number of aryl methyl sites for hydroxylation is 1. The highest BCUT2D eigenvalue weighted by atomic mass is 32.2. The Morgan fingerprint density at radius 2 is 1.98 bits per heavy atom. The molecule has 0 saturated carbocycles. The number of anilines is 3. The molecule has 0 bridgehead atoms. The molecular formula is C28H36N8O2S2. The number of pyridine rings is 1. The Labute approximate surface area is 238 Å². The van der Waals surface area contributed by atoms with Gasteiger partial charge < -0.3 is 20.9 Å². The van der Waals surface area contributed by atoms with E-state index in [2.05, 4.69) is 36.8 Å². The first kappa shape index (κ1) is 28.2. The standard InChI is InChI=1S/C28H36N8O2S2/c1-5-36-25-19(15-23(27(36)37)26-30-18-24(39-26)40(4,38)14-13-35(2)3)16-31-28(34-25)33-21-10-8-20(9-11-21)32-22-7-6-12-29-17-22/h8-11,15-16,18,22,29,32H,4-7,12-14,17H2,1-3H3,(H,31,33,34). The van der Waals surface area contributed by atoms with Crippen molar-refractivity contribution in [3.63, 3.8) is 0 Å². The minimum atomic E-state index is -2.49. The summed E-state index contributed by atoms with van der Waals surface area (Å²) in [6.45, 7) is 5.06. The summed E-state index contributed by atoms with van der Waals surface area (Å²) in [5.74, 6) is 4.80. The largest absolute Gasteiger partial charge is 0.381 e. The molecule has 2 atom stereocenters. The second-order valence-corrected chi connectivity index (χ2v) is 14.0. The molecule has 1 aromatic carbocycles. The topological polar surface area (TPSA) is 117 Å². The van der Waals surface area contributed by atoms with Gasteiger partial charge in [0.2, 0.25) is 5.95 Å². The van der Waals surface area contributed by atoms with Crippen LogP contribution in [0.25, 0.3) is 21.6 Å². The minimum Gasteiger partial charge on any atom is -0.381 e. The number of rotatable bonds is 10. The molecule has 0 radical (unpaired) electrons. The van der Waals surface area contributed by atoms with Crippen molar-refractivity contribution in [2.75, 3.05) is 50.1 Å². The molecule has 1 fully saturated rings. The molecule has 1 aliphatic heterocycles. The number of fused-ring (bicyclic) bond motifs is 1. The minimum absolute atomic E-state index is 0.197. The summed E-state index contributed by atoms with van der Waals surface area (Å²) in [6.07, 6.45) is 5.64. The highest BCUT2D eigenvalue weighted by Crippen LogP contribution is 2.29. The highest BCUT2D eigenvalue weighted by molar-refractivity contribution is 8.02. The van der Waals surface area contributed by atoms with Crippen molar-refractivity contribution in [1.29, 1.82) is 0 Å². The Bertz CT molecular complexity index is 1640. The summed E-state index contributed by atoms with van der Waals surface area (Å²) >= 11 is 1.26. The normalized spacial score (nSPS) is 17.1. The SMILES string of the molecule is C=S(=O)(CCN(C)C)c1cnc(-c2cc3cnc(Nc4ccc(NC5CCCNC5)cc4)nc3n(CC)c2=O)s1. The first-order chi connectivity index (χ1) is 19.2. The zero-order chi connectivity index (χ0) is 28.3.